The van der Waals surface area contributed by atoms with Crippen LogP contribution in [0.15, 0.2) is 24.3 Å². The summed E-state index contributed by atoms with van der Waals surface area (Å²) in [7, 11) is 1.55. The van der Waals surface area contributed by atoms with E-state index in [0.29, 0.717) is 11.7 Å². The number of rotatable bonds is 5. The number of amides is 2. The monoisotopic (exact) mass is 361 g/mol. The third-order valence-electron chi connectivity index (χ3n) is 4.23. The first-order chi connectivity index (χ1) is 12.2. The fourth-order valence-electron chi connectivity index (χ4n) is 2.95. The molecule has 0 heterocycles. The van der Waals surface area contributed by atoms with Crippen molar-refractivity contribution in [2.24, 2.45) is 0 Å². The molecule has 1 aliphatic carbocycles. The molecule has 0 spiro atoms. The van der Waals surface area contributed by atoms with Crippen molar-refractivity contribution in [1.82, 2.24) is 4.90 Å². The smallest absolute Gasteiger partial charge is 0.410 e. The fourth-order valence-corrected chi connectivity index (χ4v) is 2.95. The van der Waals surface area contributed by atoms with E-state index in [1.165, 1.54) is 37.0 Å². The molecule has 26 heavy (non-hydrogen) atoms. The molecule has 6 heteroatoms. The summed E-state index contributed by atoms with van der Waals surface area (Å²) in [4.78, 5) is 25.3. The summed E-state index contributed by atoms with van der Waals surface area (Å²) < 4.78 is 5.24. The van der Waals surface area contributed by atoms with Crippen LogP contribution in [-0.4, -0.2) is 42.1 Å². The van der Waals surface area contributed by atoms with E-state index < -0.39 is 11.7 Å². The Morgan fingerprint density at radius 1 is 1.08 bits per heavy atom. The minimum absolute atomic E-state index is 0.0585. The summed E-state index contributed by atoms with van der Waals surface area (Å²) in [6.07, 6.45) is 5.83. The van der Waals surface area contributed by atoms with Crippen molar-refractivity contribution in [2.75, 3.05) is 24.2 Å². The molecular weight excluding hydrogens is 330 g/mol. The lowest BCUT2D eigenvalue weighted by molar-refractivity contribution is -0.117. The molecular formula is C20H31N3O3. The highest BCUT2D eigenvalue weighted by Gasteiger charge is 2.21. The van der Waals surface area contributed by atoms with Crippen LogP contribution in [0.25, 0.3) is 0 Å². The van der Waals surface area contributed by atoms with Gasteiger partial charge in [-0.05, 0) is 57.9 Å². The maximum absolute atomic E-state index is 12.1. The summed E-state index contributed by atoms with van der Waals surface area (Å²) in [5, 5.41) is 6.35. The van der Waals surface area contributed by atoms with Crippen LogP contribution in [0.5, 0.6) is 0 Å². The van der Waals surface area contributed by atoms with Gasteiger partial charge in [0.25, 0.3) is 0 Å². The summed E-state index contributed by atoms with van der Waals surface area (Å²) in [6.45, 7) is 5.32. The first-order valence-corrected chi connectivity index (χ1v) is 9.33. The van der Waals surface area contributed by atoms with Crippen molar-refractivity contribution < 1.29 is 14.3 Å². The highest BCUT2D eigenvalue weighted by molar-refractivity contribution is 5.93. The first kappa shape index (κ1) is 20.1. The van der Waals surface area contributed by atoms with Crippen molar-refractivity contribution in [1.29, 1.82) is 0 Å². The third kappa shape index (κ3) is 6.94. The zero-order valence-electron chi connectivity index (χ0n) is 16.3. The summed E-state index contributed by atoms with van der Waals surface area (Å²) >= 11 is 0. The van der Waals surface area contributed by atoms with Gasteiger partial charge in [0.2, 0.25) is 5.91 Å². The van der Waals surface area contributed by atoms with Crippen LogP contribution in [-0.2, 0) is 9.53 Å². The molecule has 0 saturated heterocycles. The van der Waals surface area contributed by atoms with Crippen molar-refractivity contribution in [2.45, 2.75) is 64.5 Å². The molecule has 0 aliphatic heterocycles. The lowest BCUT2D eigenvalue weighted by Crippen LogP contribution is -2.38. The highest BCUT2D eigenvalue weighted by Crippen LogP contribution is 2.22. The van der Waals surface area contributed by atoms with Crippen LogP contribution in [0.2, 0.25) is 0 Å². The number of carbonyl (C=O) groups excluding carboxylic acids is 2. The Morgan fingerprint density at radius 2 is 1.65 bits per heavy atom. The van der Waals surface area contributed by atoms with Gasteiger partial charge < -0.3 is 20.3 Å². The molecule has 0 radical (unpaired) electrons. The average molecular weight is 361 g/mol. The number of hydrogen-bond donors (Lipinski definition) is 2. The summed E-state index contributed by atoms with van der Waals surface area (Å²) in [5.41, 5.74) is 1.20. The van der Waals surface area contributed by atoms with Crippen LogP contribution < -0.4 is 10.6 Å². The Kier molecular flexibility index (Phi) is 6.89. The van der Waals surface area contributed by atoms with E-state index in [-0.39, 0.29) is 12.5 Å². The van der Waals surface area contributed by atoms with E-state index in [2.05, 4.69) is 10.6 Å². The Labute approximate surface area is 156 Å². The maximum Gasteiger partial charge on any atom is 0.410 e. The quantitative estimate of drug-likeness (QED) is 0.823. The second-order valence-electron chi connectivity index (χ2n) is 7.94. The predicted octanol–water partition coefficient (Wildman–Crippen LogP) is 4.24. The van der Waals surface area contributed by atoms with E-state index in [1.807, 2.05) is 24.3 Å². The molecule has 2 rings (SSSR count). The maximum atomic E-state index is 12.1. The zero-order chi connectivity index (χ0) is 19.2. The van der Waals surface area contributed by atoms with Gasteiger partial charge in [0, 0.05) is 24.5 Å². The van der Waals surface area contributed by atoms with Gasteiger partial charge in [-0.2, -0.15) is 0 Å². The predicted molar refractivity (Wildman–Crippen MR) is 104 cm³/mol. The second-order valence-corrected chi connectivity index (χ2v) is 7.94. The Morgan fingerprint density at radius 3 is 2.23 bits per heavy atom. The number of ether oxygens (including phenoxy) is 1. The number of likely N-dealkylation sites (N-methyl/N-ethyl adjacent to an activating group) is 1. The van der Waals surface area contributed by atoms with Gasteiger partial charge in [-0.15, -0.1) is 0 Å². The molecule has 2 amide bonds. The van der Waals surface area contributed by atoms with Gasteiger partial charge in [0.15, 0.2) is 0 Å². The largest absolute Gasteiger partial charge is 0.444 e. The minimum atomic E-state index is -0.580. The molecule has 1 saturated carbocycles. The lowest BCUT2D eigenvalue weighted by atomic mass is 9.95. The molecule has 0 bridgehead atoms. The topological polar surface area (TPSA) is 70.7 Å². The van der Waals surface area contributed by atoms with Gasteiger partial charge in [-0.3, -0.25) is 4.79 Å². The van der Waals surface area contributed by atoms with Crippen molar-refractivity contribution in [3.63, 3.8) is 0 Å². The van der Waals surface area contributed by atoms with E-state index in [1.54, 1.807) is 27.8 Å². The molecule has 2 N–H and O–H groups in total. The molecule has 1 aliphatic rings. The number of nitrogens with zero attached hydrogens (tertiary/aromatic N) is 1. The molecule has 1 fully saturated rings. The van der Waals surface area contributed by atoms with Crippen LogP contribution in [0.1, 0.15) is 52.9 Å². The molecule has 0 aromatic heterocycles. The Hall–Kier alpha value is -2.24. The molecule has 1 aromatic carbocycles. The molecule has 6 nitrogen and oxygen atoms in total. The van der Waals surface area contributed by atoms with Crippen molar-refractivity contribution in [3.8, 4) is 0 Å². The summed E-state index contributed by atoms with van der Waals surface area (Å²) in [5.74, 6) is -0.258. The fraction of sp³-hybridized carbons (Fsp3) is 0.600. The number of benzene rings is 1. The average Bonchev–Trinajstić information content (AvgIpc) is 2.56. The molecule has 144 valence electrons. The van der Waals surface area contributed by atoms with E-state index >= 15 is 0 Å². The Bertz CT molecular complexity index is 602. The minimum Gasteiger partial charge on any atom is -0.444 e. The SMILES string of the molecule is CN(CC(=O)Nc1ccc(NC2CCCCC2)cc1)C(=O)OC(C)(C)C. The third-order valence-corrected chi connectivity index (χ3v) is 4.23. The van der Waals surface area contributed by atoms with Crippen molar-refractivity contribution >= 4 is 23.4 Å². The van der Waals surface area contributed by atoms with Crippen LogP contribution in [0.3, 0.4) is 0 Å². The van der Waals surface area contributed by atoms with E-state index in [9.17, 15) is 9.59 Å². The summed E-state index contributed by atoms with van der Waals surface area (Å²) in [6, 6.07) is 8.24. The first-order valence-electron chi connectivity index (χ1n) is 9.33. The number of anilines is 2. The number of carbonyl (C=O) groups is 2. The molecule has 0 atom stereocenters. The highest BCUT2D eigenvalue weighted by atomic mass is 16.6. The van der Waals surface area contributed by atoms with Crippen LogP contribution >= 0.6 is 0 Å². The van der Waals surface area contributed by atoms with E-state index in [4.69, 9.17) is 4.74 Å². The molecule has 1 aromatic rings. The van der Waals surface area contributed by atoms with Crippen LogP contribution in [0.4, 0.5) is 16.2 Å². The standard InChI is InChI=1S/C20H31N3O3/c1-20(2,3)26-19(25)23(4)14-18(24)22-17-12-10-16(11-13-17)21-15-8-6-5-7-9-15/h10-13,15,21H,5-9,14H2,1-4H3,(H,22,24). The van der Waals surface area contributed by atoms with Gasteiger partial charge in [-0.25, -0.2) is 4.79 Å². The van der Waals surface area contributed by atoms with Gasteiger partial charge >= 0.3 is 6.09 Å². The van der Waals surface area contributed by atoms with Gasteiger partial charge in [0.1, 0.15) is 12.1 Å². The second kappa shape index (κ2) is 8.92. The van der Waals surface area contributed by atoms with E-state index in [0.717, 1.165) is 5.69 Å². The lowest BCUT2D eigenvalue weighted by Gasteiger charge is -2.24. The van der Waals surface area contributed by atoms with Crippen molar-refractivity contribution in [3.05, 3.63) is 24.3 Å². The van der Waals surface area contributed by atoms with Gasteiger partial charge in [0.05, 0.1) is 0 Å². The zero-order valence-corrected chi connectivity index (χ0v) is 16.3. The molecule has 0 unspecified atom stereocenters. The van der Waals surface area contributed by atoms with Gasteiger partial charge in [-0.1, -0.05) is 19.3 Å². The number of nitrogens with one attached hydrogen (secondary N) is 2. The number of hydrogen-bond acceptors (Lipinski definition) is 4. The Balaban J connectivity index is 1.80. The normalized spacial score (nSPS) is 15.2. The van der Waals surface area contributed by atoms with Crippen LogP contribution in [0, 0.1) is 0 Å².